The molecule has 13 heteroatoms. The first-order valence-corrected chi connectivity index (χ1v) is 18.2. The first-order chi connectivity index (χ1) is 24.3. The molecule has 6 atom stereocenters. The predicted molar refractivity (Wildman–Crippen MR) is 192 cm³/mol. The molecule has 2 aliphatic carbocycles. The molecule has 264 valence electrons. The highest BCUT2D eigenvalue weighted by Gasteiger charge is 2.68. The zero-order chi connectivity index (χ0) is 36.3. The highest BCUT2D eigenvalue weighted by molar-refractivity contribution is 7.22. The number of likely N-dealkylation sites (tertiary alicyclic amines) is 1. The zero-order valence-corrected chi connectivity index (χ0v) is 30.6. The number of amides is 4. The van der Waals surface area contributed by atoms with Gasteiger partial charge in [0.05, 0.1) is 42.3 Å². The molecule has 0 spiro atoms. The lowest BCUT2D eigenvalue weighted by molar-refractivity contribution is -0.140. The molecule has 2 aromatic heterocycles. The van der Waals surface area contributed by atoms with E-state index < -0.39 is 40.9 Å². The molecule has 11 nitrogen and oxygen atoms in total. The van der Waals surface area contributed by atoms with Crippen molar-refractivity contribution in [2.24, 2.45) is 36.1 Å². The fraction of sp³-hybridized carbons (Fsp3) is 0.395. The number of allylic oxidation sites excluding steroid dienone is 2. The standard InChI is InChI=1S/C38H37ClN4O7S/c1-7-42-34(45)21-10-9-20-23(30(21)36(42)47)15-24-35(46)43(37(48)38(24,3)31(20)18-12-26(49-5)32(44)27(13-18)50-6)29-16-25(40-41(29)4)33-17(2)22-14-19(39)8-11-28(22)51-33/h8-9,11-14,16,21,23-24,30-31,44H,7,10,15H2,1-6H3/t21-,23+,24-,30-,31-,38+/m0/s1. The van der Waals surface area contributed by atoms with Gasteiger partial charge in [-0.25, -0.2) is 4.90 Å². The van der Waals surface area contributed by atoms with Crippen molar-refractivity contribution < 1.29 is 33.8 Å². The number of thiophene rings is 1. The topological polar surface area (TPSA) is 131 Å². The monoisotopic (exact) mass is 728 g/mol. The summed E-state index contributed by atoms with van der Waals surface area (Å²) in [6.07, 6.45) is 2.57. The lowest BCUT2D eigenvalue weighted by Crippen LogP contribution is -2.48. The third kappa shape index (κ3) is 4.51. The molecule has 0 bridgehead atoms. The number of carbonyl (C=O) groups is 4. The number of halogens is 1. The van der Waals surface area contributed by atoms with Gasteiger partial charge in [0.2, 0.25) is 29.4 Å². The minimum Gasteiger partial charge on any atom is -0.502 e. The smallest absolute Gasteiger partial charge is 0.242 e. The van der Waals surface area contributed by atoms with E-state index >= 15 is 4.79 Å². The summed E-state index contributed by atoms with van der Waals surface area (Å²) >= 11 is 7.87. The molecule has 1 N–H and O–H groups in total. The zero-order valence-electron chi connectivity index (χ0n) is 29.0. The molecule has 4 amide bonds. The van der Waals surface area contributed by atoms with Crippen LogP contribution in [0.2, 0.25) is 5.02 Å². The summed E-state index contributed by atoms with van der Waals surface area (Å²) in [7, 11) is 4.57. The molecule has 2 aliphatic heterocycles. The number of hydrogen-bond acceptors (Lipinski definition) is 9. The Morgan fingerprint density at radius 2 is 1.73 bits per heavy atom. The molecule has 4 heterocycles. The number of anilines is 1. The molecule has 0 radical (unpaired) electrons. The number of carbonyl (C=O) groups excluding carboxylic acids is 4. The first-order valence-electron chi connectivity index (χ1n) is 17.0. The highest BCUT2D eigenvalue weighted by atomic mass is 35.5. The van der Waals surface area contributed by atoms with Crippen LogP contribution in [0, 0.1) is 36.0 Å². The highest BCUT2D eigenvalue weighted by Crippen LogP contribution is 2.64. The van der Waals surface area contributed by atoms with Crippen molar-refractivity contribution in [2.45, 2.75) is 39.5 Å². The van der Waals surface area contributed by atoms with Gasteiger partial charge in [-0.05, 0) is 86.4 Å². The van der Waals surface area contributed by atoms with E-state index in [1.54, 1.807) is 48.2 Å². The van der Waals surface area contributed by atoms with Gasteiger partial charge in [-0.1, -0.05) is 23.3 Å². The van der Waals surface area contributed by atoms with E-state index in [1.165, 1.54) is 24.0 Å². The molecule has 51 heavy (non-hydrogen) atoms. The Hall–Kier alpha value is -4.68. The van der Waals surface area contributed by atoms with Crippen LogP contribution >= 0.6 is 22.9 Å². The van der Waals surface area contributed by atoms with E-state index in [0.717, 1.165) is 26.1 Å². The summed E-state index contributed by atoms with van der Waals surface area (Å²) in [5.74, 6) is -3.93. The van der Waals surface area contributed by atoms with E-state index in [0.29, 0.717) is 28.5 Å². The number of hydrogen-bond donors (Lipinski definition) is 1. The molecular formula is C38H37ClN4O7S. The average Bonchev–Trinajstić information content (AvgIpc) is 3.78. The number of methoxy groups -OCH3 is 2. The molecule has 4 aromatic rings. The van der Waals surface area contributed by atoms with Crippen molar-refractivity contribution in [3.05, 3.63) is 64.2 Å². The van der Waals surface area contributed by atoms with Crippen LogP contribution in [-0.2, 0) is 26.2 Å². The number of nitrogens with zero attached hydrogens (tertiary/aromatic N) is 4. The Morgan fingerprint density at radius 3 is 2.39 bits per heavy atom. The van der Waals surface area contributed by atoms with E-state index in [9.17, 15) is 19.5 Å². The van der Waals surface area contributed by atoms with Crippen molar-refractivity contribution in [3.8, 4) is 27.8 Å². The van der Waals surface area contributed by atoms with Crippen molar-refractivity contribution >= 4 is 62.5 Å². The second-order valence-electron chi connectivity index (χ2n) is 14.1. The molecule has 1 saturated carbocycles. The molecule has 2 aromatic carbocycles. The molecule has 8 rings (SSSR count). The summed E-state index contributed by atoms with van der Waals surface area (Å²) in [4.78, 5) is 60.6. The lowest BCUT2D eigenvalue weighted by Gasteiger charge is -2.49. The van der Waals surface area contributed by atoms with Gasteiger partial charge in [-0.15, -0.1) is 11.3 Å². The van der Waals surface area contributed by atoms with Crippen molar-refractivity contribution in [1.82, 2.24) is 14.7 Å². The molecule has 4 aliphatic rings. The van der Waals surface area contributed by atoms with Gasteiger partial charge in [0, 0.05) is 35.3 Å². The van der Waals surface area contributed by atoms with Gasteiger partial charge in [0.25, 0.3) is 0 Å². The number of phenolic OH excluding ortho intramolecular Hbond substituents is 1. The Balaban J connectivity index is 1.28. The predicted octanol–water partition coefficient (Wildman–Crippen LogP) is 6.24. The van der Waals surface area contributed by atoms with Crippen LogP contribution in [0.1, 0.15) is 43.7 Å². The fourth-order valence-corrected chi connectivity index (χ4v) is 10.6. The van der Waals surface area contributed by atoms with E-state index in [2.05, 4.69) is 0 Å². The summed E-state index contributed by atoms with van der Waals surface area (Å²) in [5.41, 5.74) is 1.75. The Bertz CT molecular complexity index is 2220. The maximum atomic E-state index is 15.1. The van der Waals surface area contributed by atoms with Gasteiger partial charge in [-0.3, -0.25) is 28.8 Å². The van der Waals surface area contributed by atoms with Crippen LogP contribution in [0.25, 0.3) is 20.7 Å². The van der Waals surface area contributed by atoms with E-state index in [-0.39, 0.29) is 47.9 Å². The number of aromatic hydroxyl groups is 1. The Labute approximate surface area is 303 Å². The SMILES string of the molecule is CCN1C(=O)[C@H]2[C@H](CC=C3[C@H]2C[C@H]2C(=O)N(c4cc(-c5sc6ccc(Cl)cc6c5C)nn4C)C(=O)[C@@]2(C)[C@H]3c2cc(OC)c(O)c(OC)c2)C1=O. The maximum absolute atomic E-state index is 15.1. The van der Waals surface area contributed by atoms with Crippen molar-refractivity contribution in [2.75, 3.05) is 25.7 Å². The molecule has 0 unspecified atom stereocenters. The van der Waals surface area contributed by atoms with Gasteiger partial charge >= 0.3 is 0 Å². The minimum absolute atomic E-state index is 0.148. The van der Waals surface area contributed by atoms with E-state index in [4.69, 9.17) is 26.2 Å². The number of imide groups is 2. The van der Waals surface area contributed by atoms with Gasteiger partial charge in [0.1, 0.15) is 11.5 Å². The molecule has 2 saturated heterocycles. The Morgan fingerprint density at radius 1 is 1.02 bits per heavy atom. The van der Waals surface area contributed by atoms with Crippen LogP contribution in [0.15, 0.2) is 48.0 Å². The third-order valence-corrected chi connectivity index (χ3v) is 13.3. The molecule has 3 fully saturated rings. The second-order valence-corrected chi connectivity index (χ2v) is 15.6. The number of phenols is 1. The van der Waals surface area contributed by atoms with Crippen LogP contribution < -0.4 is 14.4 Å². The van der Waals surface area contributed by atoms with Crippen LogP contribution in [0.5, 0.6) is 17.2 Å². The number of rotatable bonds is 6. The number of ether oxygens (including phenoxy) is 2. The van der Waals surface area contributed by atoms with Gasteiger partial charge in [0.15, 0.2) is 11.5 Å². The summed E-state index contributed by atoms with van der Waals surface area (Å²) in [6.45, 7) is 5.87. The quantitative estimate of drug-likeness (QED) is 0.183. The fourth-order valence-electron chi connectivity index (χ4n) is 9.29. The van der Waals surface area contributed by atoms with E-state index in [1.807, 2.05) is 38.1 Å². The largest absolute Gasteiger partial charge is 0.502 e. The van der Waals surface area contributed by atoms with Gasteiger partial charge < -0.3 is 14.6 Å². The summed E-state index contributed by atoms with van der Waals surface area (Å²) in [6, 6.07) is 10.8. The minimum atomic E-state index is -1.30. The Kier molecular flexibility index (Phi) is 7.66. The summed E-state index contributed by atoms with van der Waals surface area (Å²) in [5, 5.41) is 17.3. The normalized spacial score (nSPS) is 27.2. The van der Waals surface area contributed by atoms with Crippen LogP contribution in [0.3, 0.4) is 0 Å². The summed E-state index contributed by atoms with van der Waals surface area (Å²) < 4.78 is 13.7. The first kappa shape index (κ1) is 33.5. The second kappa shape index (κ2) is 11.7. The van der Waals surface area contributed by atoms with Crippen LogP contribution in [-0.4, -0.2) is 64.2 Å². The van der Waals surface area contributed by atoms with Crippen molar-refractivity contribution in [1.29, 1.82) is 0 Å². The number of aromatic nitrogens is 2. The maximum Gasteiger partial charge on any atom is 0.242 e. The number of fused-ring (bicyclic) bond motifs is 5. The average molecular weight is 729 g/mol. The van der Waals surface area contributed by atoms with Crippen molar-refractivity contribution in [3.63, 3.8) is 0 Å². The third-order valence-electron chi connectivity index (χ3n) is 11.7. The van der Waals surface area contributed by atoms with Crippen LogP contribution in [0.4, 0.5) is 5.82 Å². The number of benzene rings is 2. The number of aryl methyl sites for hydroxylation is 2. The lowest BCUT2D eigenvalue weighted by atomic mass is 9.51. The van der Waals surface area contributed by atoms with Gasteiger partial charge in [-0.2, -0.15) is 5.10 Å². The molecular weight excluding hydrogens is 692 g/mol.